The number of hydrogen-bond acceptors (Lipinski definition) is 2. The van der Waals surface area contributed by atoms with Crippen LogP contribution in [-0.4, -0.2) is 24.0 Å². The molecule has 0 N–H and O–H groups in total. The lowest BCUT2D eigenvalue weighted by atomic mass is 9.89. The topological polar surface area (TPSA) is 27.0 Å². The van der Waals surface area contributed by atoms with Crippen LogP contribution in [-0.2, 0) is 22.6 Å². The molecule has 2 nitrogen and oxygen atoms in total. The predicted octanol–water partition coefficient (Wildman–Crippen LogP) is 7.95. The number of halogens is 2. The molecule has 2 saturated carbocycles. The van der Waals surface area contributed by atoms with Gasteiger partial charge in [0.15, 0.2) is 0 Å². The van der Waals surface area contributed by atoms with Crippen molar-refractivity contribution >= 4 is 23.2 Å². The lowest BCUT2D eigenvalue weighted by molar-refractivity contribution is 0.193. The number of benzene rings is 2. The van der Waals surface area contributed by atoms with Gasteiger partial charge in [0.2, 0.25) is 0 Å². The van der Waals surface area contributed by atoms with Crippen LogP contribution in [0.5, 0.6) is 0 Å². The van der Waals surface area contributed by atoms with Gasteiger partial charge in [0.25, 0.3) is 0 Å². The summed E-state index contributed by atoms with van der Waals surface area (Å²) in [6.45, 7) is 8.27. The van der Waals surface area contributed by atoms with Crippen molar-refractivity contribution in [1.29, 1.82) is 5.26 Å². The number of likely N-dealkylation sites (N-methyl/N-ethyl adjacent to an activating group) is 1. The van der Waals surface area contributed by atoms with E-state index in [1.54, 1.807) is 6.07 Å². The highest BCUT2D eigenvalue weighted by Gasteiger charge is 2.48. The smallest absolute Gasteiger partial charge is 0.0699 e. The summed E-state index contributed by atoms with van der Waals surface area (Å²) in [5, 5.41) is 7.32. The molecule has 2 aromatic carbocycles. The molecular weight excluding hydrogens is 447 g/mol. The first-order valence-electron chi connectivity index (χ1n) is 12.5. The molecule has 2 aliphatic carbocycles. The van der Waals surface area contributed by atoms with E-state index in [4.69, 9.17) is 28.5 Å². The van der Waals surface area contributed by atoms with Crippen molar-refractivity contribution in [2.75, 3.05) is 13.1 Å². The Morgan fingerprint density at radius 1 is 0.909 bits per heavy atom. The Bertz CT molecular complexity index is 890. The number of alkyl halides is 2. The van der Waals surface area contributed by atoms with E-state index in [9.17, 15) is 0 Å². The molecular formula is C29H38Cl2N2. The van der Waals surface area contributed by atoms with Crippen LogP contribution in [0, 0.1) is 11.3 Å². The third kappa shape index (κ3) is 6.75. The third-order valence-corrected chi connectivity index (χ3v) is 8.33. The molecule has 0 amide bonds. The summed E-state index contributed by atoms with van der Waals surface area (Å²) in [7, 11) is 0. The van der Waals surface area contributed by atoms with Crippen molar-refractivity contribution in [3.05, 3.63) is 70.8 Å². The minimum Gasteiger partial charge on any atom is -0.300 e. The van der Waals surface area contributed by atoms with Crippen LogP contribution in [0.3, 0.4) is 0 Å². The van der Waals surface area contributed by atoms with Gasteiger partial charge in [-0.3, -0.25) is 0 Å². The molecule has 0 aromatic heterocycles. The van der Waals surface area contributed by atoms with E-state index in [0.29, 0.717) is 6.04 Å². The predicted molar refractivity (Wildman–Crippen MR) is 141 cm³/mol. The van der Waals surface area contributed by atoms with Gasteiger partial charge in [0, 0.05) is 19.5 Å². The lowest BCUT2D eigenvalue weighted by Crippen LogP contribution is -2.37. The normalized spacial score (nSPS) is 18.1. The zero-order valence-electron chi connectivity index (χ0n) is 20.4. The van der Waals surface area contributed by atoms with Gasteiger partial charge in [0.05, 0.1) is 15.8 Å². The summed E-state index contributed by atoms with van der Waals surface area (Å²) in [6.07, 6.45) is 8.91. The SMILES string of the molecule is CC#N.CCC(CCc1c(C2(Cl)CC2)cccc1C1(Cl)CC1)N(CC)CCc1ccccc1. The first-order chi connectivity index (χ1) is 15.9. The van der Waals surface area contributed by atoms with Crippen molar-refractivity contribution in [2.45, 2.75) is 87.9 Å². The van der Waals surface area contributed by atoms with Crippen molar-refractivity contribution in [3.63, 3.8) is 0 Å². The van der Waals surface area contributed by atoms with Gasteiger partial charge < -0.3 is 4.90 Å². The van der Waals surface area contributed by atoms with E-state index in [-0.39, 0.29) is 9.75 Å². The summed E-state index contributed by atoms with van der Waals surface area (Å²) < 4.78 is 0. The number of nitriles is 1. The number of hydrogen-bond donors (Lipinski definition) is 0. The molecule has 4 heteroatoms. The summed E-state index contributed by atoms with van der Waals surface area (Å²) >= 11 is 13.8. The van der Waals surface area contributed by atoms with Gasteiger partial charge in [0.1, 0.15) is 0 Å². The number of rotatable bonds is 11. The molecule has 1 unspecified atom stereocenters. The van der Waals surface area contributed by atoms with Crippen molar-refractivity contribution in [2.24, 2.45) is 0 Å². The lowest BCUT2D eigenvalue weighted by Gasteiger charge is -2.31. The third-order valence-electron chi connectivity index (χ3n) is 7.17. The summed E-state index contributed by atoms with van der Waals surface area (Å²) in [6, 6.07) is 19.9. The standard InChI is InChI=1S/C27H35Cl2N.C2H3N/c1-3-22(30(4-2)20-15-21-9-6-5-7-10-21)13-14-23-24(26(28)16-17-26)11-8-12-25(23)27(29)18-19-27;1-2-3/h5-12,22H,3-4,13-20H2,1-2H3;1H3. The zero-order valence-corrected chi connectivity index (χ0v) is 21.9. The Hall–Kier alpha value is -1.53. The molecule has 178 valence electrons. The molecule has 0 spiro atoms. The highest BCUT2D eigenvalue weighted by atomic mass is 35.5. The van der Waals surface area contributed by atoms with Crippen LogP contribution in [0.25, 0.3) is 0 Å². The van der Waals surface area contributed by atoms with E-state index < -0.39 is 0 Å². The quantitative estimate of drug-likeness (QED) is 0.302. The Morgan fingerprint density at radius 3 is 1.91 bits per heavy atom. The summed E-state index contributed by atoms with van der Waals surface area (Å²) in [4.78, 5) is 2.40. The maximum atomic E-state index is 7.32. The van der Waals surface area contributed by atoms with E-state index in [0.717, 1.165) is 51.6 Å². The highest BCUT2D eigenvalue weighted by molar-refractivity contribution is 6.27. The van der Waals surface area contributed by atoms with Crippen LogP contribution in [0.4, 0.5) is 0 Å². The minimum atomic E-state index is -0.132. The van der Waals surface area contributed by atoms with Crippen LogP contribution >= 0.6 is 23.2 Å². The Morgan fingerprint density at radius 2 is 1.45 bits per heavy atom. The molecule has 0 radical (unpaired) electrons. The van der Waals surface area contributed by atoms with Crippen molar-refractivity contribution in [1.82, 2.24) is 4.90 Å². The Kier molecular flexibility index (Phi) is 9.28. The van der Waals surface area contributed by atoms with Gasteiger partial charge in [-0.2, -0.15) is 5.26 Å². The van der Waals surface area contributed by atoms with E-state index in [2.05, 4.69) is 67.3 Å². The molecule has 0 heterocycles. The fourth-order valence-electron chi connectivity index (χ4n) is 4.93. The van der Waals surface area contributed by atoms with E-state index >= 15 is 0 Å². The Balaban J connectivity index is 0.000000968. The fourth-order valence-corrected chi connectivity index (χ4v) is 5.47. The summed E-state index contributed by atoms with van der Waals surface area (Å²) in [5.41, 5.74) is 5.59. The molecule has 0 saturated heterocycles. The van der Waals surface area contributed by atoms with Gasteiger partial charge in [-0.25, -0.2) is 0 Å². The molecule has 2 aromatic rings. The van der Waals surface area contributed by atoms with Crippen molar-refractivity contribution < 1.29 is 0 Å². The highest BCUT2D eigenvalue weighted by Crippen LogP contribution is 2.58. The first-order valence-corrected chi connectivity index (χ1v) is 13.3. The van der Waals surface area contributed by atoms with Crippen LogP contribution < -0.4 is 0 Å². The van der Waals surface area contributed by atoms with Crippen LogP contribution in [0.15, 0.2) is 48.5 Å². The fraction of sp³-hybridized carbons (Fsp3) is 0.552. The average Bonchev–Trinajstić information content (AvgIpc) is 3.76. The van der Waals surface area contributed by atoms with Crippen LogP contribution in [0.1, 0.15) is 81.5 Å². The van der Waals surface area contributed by atoms with E-state index in [1.165, 1.54) is 42.0 Å². The second-order valence-electron chi connectivity index (χ2n) is 9.45. The molecule has 2 aliphatic rings. The van der Waals surface area contributed by atoms with E-state index in [1.807, 2.05) is 0 Å². The Labute approximate surface area is 210 Å². The first kappa shape index (κ1) is 26.1. The van der Waals surface area contributed by atoms with Gasteiger partial charge in [-0.05, 0) is 80.2 Å². The molecule has 4 rings (SSSR count). The molecule has 1 atom stereocenters. The minimum absolute atomic E-state index is 0.132. The number of nitrogens with zero attached hydrogens (tertiary/aromatic N) is 2. The molecule has 2 fully saturated rings. The van der Waals surface area contributed by atoms with Gasteiger partial charge in [-0.15, -0.1) is 23.2 Å². The summed E-state index contributed by atoms with van der Waals surface area (Å²) in [5.74, 6) is 0. The average molecular weight is 486 g/mol. The molecule has 0 aliphatic heterocycles. The second-order valence-corrected chi connectivity index (χ2v) is 10.9. The monoisotopic (exact) mass is 484 g/mol. The zero-order chi connectivity index (χ0) is 23.9. The van der Waals surface area contributed by atoms with Gasteiger partial charge >= 0.3 is 0 Å². The maximum absolute atomic E-state index is 7.32. The second kappa shape index (κ2) is 11.7. The maximum Gasteiger partial charge on any atom is 0.0699 e. The largest absolute Gasteiger partial charge is 0.300 e. The van der Waals surface area contributed by atoms with Crippen LogP contribution in [0.2, 0.25) is 0 Å². The molecule has 33 heavy (non-hydrogen) atoms. The van der Waals surface area contributed by atoms with Gasteiger partial charge in [-0.1, -0.05) is 62.4 Å². The van der Waals surface area contributed by atoms with Crippen molar-refractivity contribution in [3.8, 4) is 6.07 Å². The molecule has 0 bridgehead atoms.